The highest BCUT2D eigenvalue weighted by Gasteiger charge is 2.26. The highest BCUT2D eigenvalue weighted by molar-refractivity contribution is 7.16. The summed E-state index contributed by atoms with van der Waals surface area (Å²) in [6.45, 7) is 7.00. The lowest BCUT2D eigenvalue weighted by Crippen LogP contribution is -2.17. The molecule has 2 aromatic rings. The average molecular weight is 397 g/mol. The maximum Gasteiger partial charge on any atom is 0.341 e. The molecule has 26 heavy (non-hydrogen) atoms. The molecule has 9 heteroatoms. The van der Waals surface area contributed by atoms with E-state index in [1.807, 2.05) is 6.92 Å². The third-order valence-corrected chi connectivity index (χ3v) is 4.92. The van der Waals surface area contributed by atoms with E-state index in [9.17, 15) is 19.7 Å². The van der Waals surface area contributed by atoms with E-state index in [1.165, 1.54) is 23.5 Å². The van der Waals surface area contributed by atoms with Crippen molar-refractivity contribution in [1.29, 1.82) is 0 Å². The standard InChI is InChI=1S/C17H17ClN2O5S/c1-8(2)25-17(22)14-9(3)10(4)26-16(14)19-15(21)12-7-11(18)5-6-13(12)20(23)24/h5-8H,1-4H3,(H,19,21). The Labute approximate surface area is 159 Å². The number of ether oxygens (including phenoxy) is 1. The second-order valence-corrected chi connectivity index (χ2v) is 7.48. The Kier molecular flexibility index (Phi) is 5.99. The monoisotopic (exact) mass is 396 g/mol. The minimum Gasteiger partial charge on any atom is -0.459 e. The zero-order valence-corrected chi connectivity index (χ0v) is 16.2. The molecule has 0 saturated carbocycles. The quantitative estimate of drug-likeness (QED) is 0.447. The topological polar surface area (TPSA) is 98.5 Å². The number of nitrogens with one attached hydrogen (secondary N) is 1. The second kappa shape index (κ2) is 7.84. The van der Waals surface area contributed by atoms with Gasteiger partial charge in [0.15, 0.2) is 0 Å². The zero-order valence-electron chi connectivity index (χ0n) is 14.6. The average Bonchev–Trinajstić information content (AvgIpc) is 2.80. The first-order valence-electron chi connectivity index (χ1n) is 7.68. The predicted octanol–water partition coefficient (Wildman–Crippen LogP) is 4.74. The summed E-state index contributed by atoms with van der Waals surface area (Å²) in [7, 11) is 0. The molecule has 0 aliphatic rings. The van der Waals surface area contributed by atoms with Crippen LogP contribution in [-0.2, 0) is 4.74 Å². The lowest BCUT2D eigenvalue weighted by Gasteiger charge is -2.10. The first-order valence-corrected chi connectivity index (χ1v) is 8.87. The number of thiophene rings is 1. The van der Waals surface area contributed by atoms with Crippen molar-refractivity contribution >= 4 is 45.5 Å². The van der Waals surface area contributed by atoms with Gasteiger partial charge in [0, 0.05) is 16.0 Å². The van der Waals surface area contributed by atoms with Crippen LogP contribution in [0.1, 0.15) is 45.0 Å². The summed E-state index contributed by atoms with van der Waals surface area (Å²) in [4.78, 5) is 36.3. The van der Waals surface area contributed by atoms with Gasteiger partial charge in [-0.05, 0) is 45.4 Å². The third-order valence-electron chi connectivity index (χ3n) is 3.56. The molecular weight excluding hydrogens is 380 g/mol. The number of carbonyl (C=O) groups is 2. The van der Waals surface area contributed by atoms with Gasteiger partial charge >= 0.3 is 5.97 Å². The summed E-state index contributed by atoms with van der Waals surface area (Å²) in [6, 6.07) is 3.71. The molecule has 0 bridgehead atoms. The van der Waals surface area contributed by atoms with Crippen LogP contribution >= 0.6 is 22.9 Å². The Morgan fingerprint density at radius 2 is 1.96 bits per heavy atom. The van der Waals surface area contributed by atoms with E-state index in [0.29, 0.717) is 5.56 Å². The Hall–Kier alpha value is -2.45. The van der Waals surface area contributed by atoms with Crippen molar-refractivity contribution in [2.75, 3.05) is 5.32 Å². The Morgan fingerprint density at radius 1 is 1.31 bits per heavy atom. The molecule has 1 heterocycles. The second-order valence-electron chi connectivity index (χ2n) is 5.81. The number of esters is 1. The van der Waals surface area contributed by atoms with Gasteiger partial charge in [0.05, 0.1) is 16.6 Å². The number of hydrogen-bond acceptors (Lipinski definition) is 6. The van der Waals surface area contributed by atoms with Crippen molar-refractivity contribution in [3.8, 4) is 0 Å². The molecule has 138 valence electrons. The summed E-state index contributed by atoms with van der Waals surface area (Å²) >= 11 is 7.07. The molecule has 1 aromatic heterocycles. The lowest BCUT2D eigenvalue weighted by molar-refractivity contribution is -0.385. The molecule has 2 rings (SSSR count). The highest BCUT2D eigenvalue weighted by Crippen LogP contribution is 2.34. The third kappa shape index (κ3) is 4.20. The van der Waals surface area contributed by atoms with E-state index < -0.39 is 16.8 Å². The number of halogens is 1. The first kappa shape index (κ1) is 19.9. The molecule has 1 N–H and O–H groups in total. The van der Waals surface area contributed by atoms with E-state index >= 15 is 0 Å². The number of nitrogens with zero attached hydrogens (tertiary/aromatic N) is 1. The Bertz CT molecular complexity index is 892. The molecule has 1 amide bonds. The molecule has 0 unspecified atom stereocenters. The van der Waals surface area contributed by atoms with Gasteiger partial charge < -0.3 is 10.1 Å². The van der Waals surface area contributed by atoms with Crippen LogP contribution in [-0.4, -0.2) is 22.9 Å². The fraction of sp³-hybridized carbons (Fsp3) is 0.294. The minimum absolute atomic E-state index is 0.186. The molecule has 0 saturated heterocycles. The molecule has 0 atom stereocenters. The first-order chi connectivity index (χ1) is 12.1. The van der Waals surface area contributed by atoms with Crippen LogP contribution in [0.3, 0.4) is 0 Å². The van der Waals surface area contributed by atoms with E-state index in [4.69, 9.17) is 16.3 Å². The van der Waals surface area contributed by atoms with E-state index in [2.05, 4.69) is 5.32 Å². The number of carbonyl (C=O) groups excluding carboxylic acids is 2. The van der Waals surface area contributed by atoms with E-state index in [-0.39, 0.29) is 32.9 Å². The van der Waals surface area contributed by atoms with Crippen LogP contribution in [0.25, 0.3) is 0 Å². The smallest absolute Gasteiger partial charge is 0.341 e. The van der Waals surface area contributed by atoms with Crippen LogP contribution < -0.4 is 5.32 Å². The number of hydrogen-bond donors (Lipinski definition) is 1. The number of benzene rings is 1. The van der Waals surface area contributed by atoms with Crippen molar-refractivity contribution in [3.63, 3.8) is 0 Å². The van der Waals surface area contributed by atoms with Crippen LogP contribution in [0.5, 0.6) is 0 Å². The molecule has 1 aromatic carbocycles. The van der Waals surface area contributed by atoms with Gasteiger partial charge in [-0.2, -0.15) is 0 Å². The number of aryl methyl sites for hydroxylation is 1. The molecule has 7 nitrogen and oxygen atoms in total. The van der Waals surface area contributed by atoms with Crippen molar-refractivity contribution in [3.05, 3.63) is 54.9 Å². The van der Waals surface area contributed by atoms with Gasteiger partial charge in [-0.3, -0.25) is 14.9 Å². The number of anilines is 1. The minimum atomic E-state index is -0.723. The number of rotatable bonds is 5. The summed E-state index contributed by atoms with van der Waals surface area (Å²) in [5.74, 6) is -1.28. The van der Waals surface area contributed by atoms with Crippen molar-refractivity contribution in [1.82, 2.24) is 0 Å². The normalized spacial score (nSPS) is 10.7. The van der Waals surface area contributed by atoms with Crippen LogP contribution in [0.2, 0.25) is 5.02 Å². The van der Waals surface area contributed by atoms with Gasteiger partial charge in [-0.15, -0.1) is 11.3 Å². The Balaban J connectivity index is 2.42. The fourth-order valence-corrected chi connectivity index (χ4v) is 3.47. The number of amides is 1. The summed E-state index contributed by atoms with van der Waals surface area (Å²) in [5, 5.41) is 14.2. The van der Waals surface area contributed by atoms with Crippen molar-refractivity contribution in [2.24, 2.45) is 0 Å². The van der Waals surface area contributed by atoms with Crippen molar-refractivity contribution in [2.45, 2.75) is 33.8 Å². The number of nitro benzene ring substituents is 1. The van der Waals surface area contributed by atoms with E-state index in [1.54, 1.807) is 20.8 Å². The molecule has 0 aliphatic heterocycles. The summed E-state index contributed by atoms with van der Waals surface area (Å²) < 4.78 is 5.23. The number of nitro groups is 1. The van der Waals surface area contributed by atoms with Crippen molar-refractivity contribution < 1.29 is 19.2 Å². The maximum atomic E-state index is 12.6. The van der Waals surface area contributed by atoms with Crippen LogP contribution in [0, 0.1) is 24.0 Å². The van der Waals surface area contributed by atoms with Crippen LogP contribution in [0.4, 0.5) is 10.7 Å². The molecular formula is C17H17ClN2O5S. The fourth-order valence-electron chi connectivity index (χ4n) is 2.25. The van der Waals surface area contributed by atoms with Gasteiger partial charge in [0.1, 0.15) is 10.6 Å². The lowest BCUT2D eigenvalue weighted by atomic mass is 10.1. The van der Waals surface area contributed by atoms with Gasteiger partial charge in [-0.1, -0.05) is 11.6 Å². The summed E-state index contributed by atoms with van der Waals surface area (Å²) in [5.41, 5.74) is 0.383. The SMILES string of the molecule is Cc1sc(NC(=O)c2cc(Cl)ccc2[N+](=O)[O-])c(C(=O)OC(C)C)c1C. The largest absolute Gasteiger partial charge is 0.459 e. The molecule has 0 fully saturated rings. The maximum absolute atomic E-state index is 12.6. The Morgan fingerprint density at radius 3 is 2.54 bits per heavy atom. The molecule has 0 spiro atoms. The predicted molar refractivity (Wildman–Crippen MR) is 100 cm³/mol. The molecule has 0 radical (unpaired) electrons. The summed E-state index contributed by atoms with van der Waals surface area (Å²) in [6.07, 6.45) is -0.320. The zero-order chi connectivity index (χ0) is 19.6. The van der Waals surface area contributed by atoms with Gasteiger partial charge in [0.25, 0.3) is 11.6 Å². The van der Waals surface area contributed by atoms with Gasteiger partial charge in [0.2, 0.25) is 0 Å². The molecule has 0 aliphatic carbocycles. The highest BCUT2D eigenvalue weighted by atomic mass is 35.5. The van der Waals surface area contributed by atoms with E-state index in [0.717, 1.165) is 10.9 Å². The van der Waals surface area contributed by atoms with Gasteiger partial charge in [-0.25, -0.2) is 4.79 Å². The van der Waals surface area contributed by atoms with Crippen LogP contribution in [0.15, 0.2) is 18.2 Å².